The van der Waals surface area contributed by atoms with Crippen molar-refractivity contribution in [1.82, 2.24) is 15.3 Å². The third-order valence-electron chi connectivity index (χ3n) is 3.53. The highest BCUT2D eigenvalue weighted by Gasteiger charge is 2.20. The van der Waals surface area contributed by atoms with Crippen LogP contribution in [0.15, 0.2) is 24.5 Å². The summed E-state index contributed by atoms with van der Waals surface area (Å²) in [6.07, 6.45) is 3.62. The van der Waals surface area contributed by atoms with Crippen molar-refractivity contribution in [3.05, 3.63) is 30.1 Å². The van der Waals surface area contributed by atoms with Gasteiger partial charge in [0.25, 0.3) is 0 Å². The van der Waals surface area contributed by atoms with Crippen molar-refractivity contribution in [1.29, 1.82) is 0 Å². The van der Waals surface area contributed by atoms with Gasteiger partial charge in [0.05, 0.1) is 17.4 Å². The Kier molecular flexibility index (Phi) is 4.56. The van der Waals surface area contributed by atoms with Crippen molar-refractivity contribution in [2.75, 3.05) is 19.7 Å². The van der Waals surface area contributed by atoms with Crippen LogP contribution in [0.5, 0.6) is 0 Å². The van der Waals surface area contributed by atoms with Crippen LogP contribution in [0.25, 0.3) is 11.0 Å². The van der Waals surface area contributed by atoms with Gasteiger partial charge in [-0.25, -0.2) is 4.98 Å². The van der Waals surface area contributed by atoms with Crippen LogP contribution in [0, 0.1) is 0 Å². The molecule has 2 aromatic rings. The molecular formula is C15H23N3O. The molecule has 2 rings (SSSR count). The molecule has 0 spiro atoms. The zero-order valence-corrected chi connectivity index (χ0v) is 11.7. The molecule has 0 radical (unpaired) electrons. The molecule has 0 saturated heterocycles. The number of aromatic nitrogens is 2. The predicted molar refractivity (Wildman–Crippen MR) is 78.3 cm³/mol. The van der Waals surface area contributed by atoms with Crippen LogP contribution in [0.1, 0.15) is 32.3 Å². The standard InChI is InChI=1S/C15H23N3O/c1-15(2,10-16-7-3-4-8-19)12-5-6-13-14(9-12)18-11-17-13/h5-6,9,11,16,19H,3-4,7-8,10H2,1-2H3,(H,17,18). The van der Waals surface area contributed by atoms with Gasteiger partial charge >= 0.3 is 0 Å². The van der Waals surface area contributed by atoms with Crippen molar-refractivity contribution in [3.8, 4) is 0 Å². The molecule has 1 aromatic heterocycles. The van der Waals surface area contributed by atoms with Gasteiger partial charge in [-0.05, 0) is 37.1 Å². The van der Waals surface area contributed by atoms with Crippen LogP contribution in [0.2, 0.25) is 0 Å². The summed E-state index contributed by atoms with van der Waals surface area (Å²) in [6, 6.07) is 6.39. The van der Waals surface area contributed by atoms with E-state index < -0.39 is 0 Å². The Bertz CT molecular complexity index is 519. The number of benzene rings is 1. The molecule has 0 bridgehead atoms. The lowest BCUT2D eigenvalue weighted by Crippen LogP contribution is -2.33. The van der Waals surface area contributed by atoms with Crippen molar-refractivity contribution < 1.29 is 5.11 Å². The maximum absolute atomic E-state index is 8.75. The number of hydrogen-bond acceptors (Lipinski definition) is 3. The van der Waals surface area contributed by atoms with Crippen LogP contribution >= 0.6 is 0 Å². The van der Waals surface area contributed by atoms with Crippen LogP contribution in [0.4, 0.5) is 0 Å². The van der Waals surface area contributed by atoms with Crippen LogP contribution in [-0.4, -0.2) is 34.8 Å². The molecule has 0 fully saturated rings. The Morgan fingerprint density at radius 2 is 2.16 bits per heavy atom. The van der Waals surface area contributed by atoms with Gasteiger partial charge in [0.1, 0.15) is 0 Å². The van der Waals surface area contributed by atoms with Crippen LogP contribution in [0.3, 0.4) is 0 Å². The molecule has 0 aliphatic carbocycles. The van der Waals surface area contributed by atoms with Crippen molar-refractivity contribution in [2.45, 2.75) is 32.1 Å². The summed E-state index contributed by atoms with van der Waals surface area (Å²) in [5, 5.41) is 12.2. The number of unbranched alkanes of at least 4 members (excludes halogenated alkanes) is 1. The summed E-state index contributed by atoms with van der Waals surface area (Å²) >= 11 is 0. The van der Waals surface area contributed by atoms with E-state index in [1.54, 1.807) is 6.33 Å². The SMILES string of the molecule is CC(C)(CNCCCCO)c1ccc2nc[nH]c2c1. The van der Waals surface area contributed by atoms with Gasteiger partial charge in [0.15, 0.2) is 0 Å². The zero-order chi connectivity index (χ0) is 13.7. The molecule has 1 aromatic carbocycles. The van der Waals surface area contributed by atoms with E-state index in [-0.39, 0.29) is 12.0 Å². The number of fused-ring (bicyclic) bond motifs is 1. The summed E-state index contributed by atoms with van der Waals surface area (Å²) in [7, 11) is 0. The van der Waals surface area contributed by atoms with Gasteiger partial charge in [-0.2, -0.15) is 0 Å². The highest BCUT2D eigenvalue weighted by atomic mass is 16.2. The molecule has 0 amide bonds. The molecule has 4 nitrogen and oxygen atoms in total. The van der Waals surface area contributed by atoms with Crippen LogP contribution < -0.4 is 5.32 Å². The quantitative estimate of drug-likeness (QED) is 0.670. The van der Waals surface area contributed by atoms with E-state index in [0.29, 0.717) is 0 Å². The van der Waals surface area contributed by atoms with Crippen molar-refractivity contribution >= 4 is 11.0 Å². The molecule has 0 aliphatic rings. The fourth-order valence-corrected chi connectivity index (χ4v) is 2.22. The normalized spacial score (nSPS) is 12.2. The van der Waals surface area contributed by atoms with Crippen molar-refractivity contribution in [3.63, 3.8) is 0 Å². The molecule has 0 unspecified atom stereocenters. The van der Waals surface area contributed by atoms with E-state index in [9.17, 15) is 0 Å². The molecule has 0 saturated carbocycles. The average molecular weight is 261 g/mol. The summed E-state index contributed by atoms with van der Waals surface area (Å²) < 4.78 is 0. The number of hydrogen-bond donors (Lipinski definition) is 3. The van der Waals surface area contributed by atoms with E-state index in [1.165, 1.54) is 5.56 Å². The van der Waals surface area contributed by atoms with Gasteiger partial charge in [-0.1, -0.05) is 19.9 Å². The number of imidazole rings is 1. The van der Waals surface area contributed by atoms with E-state index in [0.717, 1.165) is 37.0 Å². The molecule has 3 N–H and O–H groups in total. The number of nitrogens with zero attached hydrogens (tertiary/aromatic N) is 1. The van der Waals surface area contributed by atoms with Gasteiger partial charge < -0.3 is 15.4 Å². The second kappa shape index (κ2) is 6.17. The zero-order valence-electron chi connectivity index (χ0n) is 11.7. The number of nitrogens with one attached hydrogen (secondary N) is 2. The Morgan fingerprint density at radius 1 is 1.32 bits per heavy atom. The minimum Gasteiger partial charge on any atom is -0.396 e. The molecule has 4 heteroatoms. The first-order chi connectivity index (χ1) is 9.13. The lowest BCUT2D eigenvalue weighted by atomic mass is 9.84. The van der Waals surface area contributed by atoms with Crippen LogP contribution in [-0.2, 0) is 5.41 Å². The first-order valence-electron chi connectivity index (χ1n) is 6.89. The van der Waals surface area contributed by atoms with Crippen molar-refractivity contribution in [2.24, 2.45) is 0 Å². The summed E-state index contributed by atoms with van der Waals surface area (Å²) in [6.45, 7) is 6.64. The Morgan fingerprint density at radius 3 is 2.95 bits per heavy atom. The lowest BCUT2D eigenvalue weighted by Gasteiger charge is -2.26. The third kappa shape index (κ3) is 3.55. The van der Waals surface area contributed by atoms with E-state index >= 15 is 0 Å². The average Bonchev–Trinajstić information content (AvgIpc) is 2.85. The second-order valence-electron chi connectivity index (χ2n) is 5.63. The second-order valence-corrected chi connectivity index (χ2v) is 5.63. The van der Waals surface area contributed by atoms with Gasteiger partial charge in [-0.3, -0.25) is 0 Å². The largest absolute Gasteiger partial charge is 0.396 e. The van der Waals surface area contributed by atoms with E-state index in [2.05, 4.69) is 47.3 Å². The van der Waals surface area contributed by atoms with E-state index in [1.807, 2.05) is 0 Å². The Hall–Kier alpha value is -1.39. The maximum Gasteiger partial charge on any atom is 0.0931 e. The van der Waals surface area contributed by atoms with Gasteiger partial charge in [-0.15, -0.1) is 0 Å². The summed E-state index contributed by atoms with van der Waals surface area (Å²) in [5.74, 6) is 0. The predicted octanol–water partition coefficient (Wildman–Crippen LogP) is 2.20. The molecule has 0 atom stereocenters. The number of aliphatic hydroxyl groups excluding tert-OH is 1. The molecule has 19 heavy (non-hydrogen) atoms. The highest BCUT2D eigenvalue weighted by Crippen LogP contribution is 2.24. The summed E-state index contributed by atoms with van der Waals surface area (Å²) in [4.78, 5) is 7.40. The topological polar surface area (TPSA) is 60.9 Å². The van der Waals surface area contributed by atoms with E-state index in [4.69, 9.17) is 5.11 Å². The first-order valence-corrected chi connectivity index (χ1v) is 6.89. The summed E-state index contributed by atoms with van der Waals surface area (Å²) in [5.41, 5.74) is 3.48. The minimum absolute atomic E-state index is 0.0819. The van der Waals surface area contributed by atoms with Gasteiger partial charge in [0.2, 0.25) is 0 Å². The number of rotatable bonds is 7. The molecule has 104 valence electrons. The third-order valence-corrected chi connectivity index (χ3v) is 3.53. The Labute approximate surface area is 114 Å². The molecule has 1 heterocycles. The number of aromatic amines is 1. The number of aliphatic hydroxyl groups is 1. The minimum atomic E-state index is 0.0819. The molecular weight excluding hydrogens is 238 g/mol. The lowest BCUT2D eigenvalue weighted by molar-refractivity contribution is 0.283. The highest BCUT2D eigenvalue weighted by molar-refractivity contribution is 5.75. The number of H-pyrrole nitrogens is 1. The Balaban J connectivity index is 1.97. The fourth-order valence-electron chi connectivity index (χ4n) is 2.22. The maximum atomic E-state index is 8.75. The first kappa shape index (κ1) is 14.0. The molecule has 0 aliphatic heterocycles. The fraction of sp³-hybridized carbons (Fsp3) is 0.533. The smallest absolute Gasteiger partial charge is 0.0931 e. The van der Waals surface area contributed by atoms with Gasteiger partial charge in [0, 0.05) is 18.6 Å². The monoisotopic (exact) mass is 261 g/mol.